The molecule has 1 fully saturated rings. The Morgan fingerprint density at radius 1 is 1.28 bits per heavy atom. The number of aryl methyl sites for hydroxylation is 1. The standard InChI is InChI=1S/C18H24N4O3/c1-24-16-8-7-15(17(20-16)25-2)18(23)22-12-4-3-6-14(22)9-13-21-11-5-10-19-21/h5,7-8,10-11,14H,3-4,6,9,12-13H2,1-2H3. The van der Waals surface area contributed by atoms with Crippen LogP contribution in [-0.2, 0) is 6.54 Å². The molecule has 1 saturated heterocycles. The van der Waals surface area contributed by atoms with Crippen LogP contribution in [0.5, 0.6) is 11.8 Å². The summed E-state index contributed by atoms with van der Waals surface area (Å²) < 4.78 is 12.3. The maximum atomic E-state index is 13.1. The molecule has 1 aliphatic heterocycles. The van der Waals surface area contributed by atoms with E-state index in [4.69, 9.17) is 9.47 Å². The summed E-state index contributed by atoms with van der Waals surface area (Å²) >= 11 is 0. The minimum absolute atomic E-state index is 0.0304. The number of carbonyl (C=O) groups excluding carboxylic acids is 1. The Balaban J connectivity index is 1.76. The van der Waals surface area contributed by atoms with Gasteiger partial charge >= 0.3 is 0 Å². The summed E-state index contributed by atoms with van der Waals surface area (Å²) in [6, 6.07) is 5.54. The number of likely N-dealkylation sites (tertiary alicyclic amines) is 1. The van der Waals surface area contributed by atoms with Gasteiger partial charge in [0.2, 0.25) is 11.8 Å². The number of carbonyl (C=O) groups is 1. The van der Waals surface area contributed by atoms with Crippen LogP contribution in [0, 0.1) is 0 Å². The summed E-state index contributed by atoms with van der Waals surface area (Å²) in [7, 11) is 3.06. The van der Waals surface area contributed by atoms with Crippen molar-refractivity contribution in [2.24, 2.45) is 0 Å². The number of pyridine rings is 1. The maximum absolute atomic E-state index is 13.1. The maximum Gasteiger partial charge on any atom is 0.259 e. The number of ether oxygens (including phenoxy) is 2. The van der Waals surface area contributed by atoms with Gasteiger partial charge in [0, 0.05) is 37.6 Å². The van der Waals surface area contributed by atoms with Gasteiger partial charge in [-0.3, -0.25) is 9.48 Å². The molecule has 1 amide bonds. The topological polar surface area (TPSA) is 69.5 Å². The Kier molecular flexibility index (Phi) is 5.53. The lowest BCUT2D eigenvalue weighted by Crippen LogP contribution is -2.44. The van der Waals surface area contributed by atoms with E-state index < -0.39 is 0 Å². The van der Waals surface area contributed by atoms with Crippen LogP contribution >= 0.6 is 0 Å². The van der Waals surface area contributed by atoms with E-state index in [1.165, 1.54) is 7.11 Å². The van der Waals surface area contributed by atoms with E-state index >= 15 is 0 Å². The number of methoxy groups -OCH3 is 2. The van der Waals surface area contributed by atoms with Gasteiger partial charge < -0.3 is 14.4 Å². The van der Waals surface area contributed by atoms with Gasteiger partial charge in [-0.1, -0.05) is 0 Å². The Hall–Kier alpha value is -2.57. The Morgan fingerprint density at radius 2 is 2.16 bits per heavy atom. The Bertz CT molecular complexity index is 702. The van der Waals surface area contributed by atoms with Crippen LogP contribution in [-0.4, -0.2) is 52.4 Å². The first-order valence-electron chi connectivity index (χ1n) is 8.60. The Morgan fingerprint density at radius 3 is 2.88 bits per heavy atom. The minimum Gasteiger partial charge on any atom is -0.481 e. The number of rotatable bonds is 6. The average molecular weight is 344 g/mol. The monoisotopic (exact) mass is 344 g/mol. The van der Waals surface area contributed by atoms with E-state index in [1.807, 2.05) is 21.8 Å². The van der Waals surface area contributed by atoms with Crippen molar-refractivity contribution in [2.75, 3.05) is 20.8 Å². The van der Waals surface area contributed by atoms with Crippen LogP contribution in [0.3, 0.4) is 0 Å². The summed E-state index contributed by atoms with van der Waals surface area (Å²) in [5, 5.41) is 4.24. The third-order valence-electron chi connectivity index (χ3n) is 4.61. The summed E-state index contributed by atoms with van der Waals surface area (Å²) in [4.78, 5) is 19.3. The van der Waals surface area contributed by atoms with Crippen LogP contribution in [0.25, 0.3) is 0 Å². The highest BCUT2D eigenvalue weighted by Crippen LogP contribution is 2.26. The van der Waals surface area contributed by atoms with Gasteiger partial charge in [-0.25, -0.2) is 0 Å². The van der Waals surface area contributed by atoms with Crippen LogP contribution in [0.4, 0.5) is 0 Å². The molecule has 0 spiro atoms. The molecule has 7 heteroatoms. The van der Waals surface area contributed by atoms with Crippen molar-refractivity contribution in [2.45, 2.75) is 38.3 Å². The van der Waals surface area contributed by atoms with Crippen LogP contribution in [0.1, 0.15) is 36.0 Å². The fourth-order valence-corrected chi connectivity index (χ4v) is 3.29. The van der Waals surface area contributed by atoms with Gasteiger partial charge in [-0.15, -0.1) is 0 Å². The fourth-order valence-electron chi connectivity index (χ4n) is 3.29. The van der Waals surface area contributed by atoms with Gasteiger partial charge in [0.1, 0.15) is 5.56 Å². The van der Waals surface area contributed by atoms with E-state index in [0.717, 1.165) is 38.8 Å². The number of piperidine rings is 1. The number of nitrogens with zero attached hydrogens (tertiary/aromatic N) is 4. The van der Waals surface area contributed by atoms with E-state index in [1.54, 1.807) is 25.4 Å². The molecule has 2 aromatic heterocycles. The highest BCUT2D eigenvalue weighted by molar-refractivity contribution is 5.96. The van der Waals surface area contributed by atoms with Crippen molar-refractivity contribution in [3.8, 4) is 11.8 Å². The zero-order valence-electron chi connectivity index (χ0n) is 14.7. The second kappa shape index (κ2) is 8.00. The molecular weight excluding hydrogens is 320 g/mol. The first-order valence-corrected chi connectivity index (χ1v) is 8.60. The molecule has 25 heavy (non-hydrogen) atoms. The largest absolute Gasteiger partial charge is 0.481 e. The molecule has 0 N–H and O–H groups in total. The lowest BCUT2D eigenvalue weighted by molar-refractivity contribution is 0.0589. The third-order valence-corrected chi connectivity index (χ3v) is 4.61. The molecule has 1 aliphatic rings. The summed E-state index contributed by atoms with van der Waals surface area (Å²) in [6.45, 7) is 1.57. The van der Waals surface area contributed by atoms with Crippen molar-refractivity contribution >= 4 is 5.91 Å². The second-order valence-electron chi connectivity index (χ2n) is 6.12. The van der Waals surface area contributed by atoms with E-state index in [0.29, 0.717) is 17.3 Å². The zero-order valence-corrected chi connectivity index (χ0v) is 14.7. The molecule has 0 aromatic carbocycles. The molecule has 3 heterocycles. The number of hydrogen-bond donors (Lipinski definition) is 0. The quantitative estimate of drug-likeness (QED) is 0.805. The van der Waals surface area contributed by atoms with E-state index in [9.17, 15) is 4.79 Å². The SMILES string of the molecule is COc1ccc(C(=O)N2CCCCC2CCn2cccn2)c(OC)n1. The summed E-state index contributed by atoms with van der Waals surface area (Å²) in [5.74, 6) is 0.709. The first kappa shape index (κ1) is 17.3. The third kappa shape index (κ3) is 3.92. The molecular formula is C18H24N4O3. The van der Waals surface area contributed by atoms with Gasteiger partial charge in [-0.05, 0) is 37.8 Å². The van der Waals surface area contributed by atoms with E-state index in [2.05, 4.69) is 10.1 Å². The van der Waals surface area contributed by atoms with Crippen molar-refractivity contribution in [1.82, 2.24) is 19.7 Å². The normalized spacial score (nSPS) is 17.4. The Labute approximate surface area is 147 Å². The average Bonchev–Trinajstić information content (AvgIpc) is 3.19. The molecule has 7 nitrogen and oxygen atoms in total. The van der Waals surface area contributed by atoms with Gasteiger partial charge in [-0.2, -0.15) is 10.1 Å². The number of aromatic nitrogens is 3. The zero-order chi connectivity index (χ0) is 17.6. The van der Waals surface area contributed by atoms with Crippen molar-refractivity contribution in [3.63, 3.8) is 0 Å². The fraction of sp³-hybridized carbons (Fsp3) is 0.500. The van der Waals surface area contributed by atoms with Gasteiger partial charge in [0.15, 0.2) is 0 Å². The molecule has 0 saturated carbocycles. The molecule has 3 rings (SSSR count). The highest BCUT2D eigenvalue weighted by Gasteiger charge is 2.29. The predicted octanol–water partition coefficient (Wildman–Crippen LogP) is 2.38. The second-order valence-corrected chi connectivity index (χ2v) is 6.12. The highest BCUT2D eigenvalue weighted by atomic mass is 16.5. The first-order chi connectivity index (χ1) is 12.2. The van der Waals surface area contributed by atoms with Crippen molar-refractivity contribution < 1.29 is 14.3 Å². The lowest BCUT2D eigenvalue weighted by Gasteiger charge is -2.36. The van der Waals surface area contributed by atoms with Crippen LogP contribution in [0.15, 0.2) is 30.6 Å². The van der Waals surface area contributed by atoms with Crippen LogP contribution in [0.2, 0.25) is 0 Å². The van der Waals surface area contributed by atoms with Gasteiger partial charge in [0.25, 0.3) is 5.91 Å². The molecule has 0 radical (unpaired) electrons. The van der Waals surface area contributed by atoms with Crippen LogP contribution < -0.4 is 9.47 Å². The van der Waals surface area contributed by atoms with E-state index in [-0.39, 0.29) is 11.9 Å². The number of hydrogen-bond acceptors (Lipinski definition) is 5. The summed E-state index contributed by atoms with van der Waals surface area (Å²) in [5.41, 5.74) is 0.481. The molecule has 1 unspecified atom stereocenters. The number of amides is 1. The summed E-state index contributed by atoms with van der Waals surface area (Å²) in [6.07, 6.45) is 7.79. The smallest absolute Gasteiger partial charge is 0.259 e. The lowest BCUT2D eigenvalue weighted by atomic mass is 9.98. The van der Waals surface area contributed by atoms with Gasteiger partial charge in [0.05, 0.1) is 14.2 Å². The molecule has 134 valence electrons. The molecule has 2 aromatic rings. The molecule has 0 bridgehead atoms. The predicted molar refractivity (Wildman–Crippen MR) is 92.9 cm³/mol. The molecule has 0 aliphatic carbocycles. The van der Waals surface area contributed by atoms with Crippen molar-refractivity contribution in [3.05, 3.63) is 36.2 Å². The van der Waals surface area contributed by atoms with Crippen molar-refractivity contribution in [1.29, 1.82) is 0 Å². The minimum atomic E-state index is -0.0304. The molecule has 1 atom stereocenters.